The molecule has 0 saturated carbocycles. The number of rotatable bonds is 8. The molecule has 0 aliphatic carbocycles. The molecule has 0 bridgehead atoms. The Kier molecular flexibility index (Phi) is 8.16. The van der Waals surface area contributed by atoms with Gasteiger partial charge in [0.25, 0.3) is 0 Å². The number of amides is 2. The SMILES string of the molecule is N#CCCC[C@@H](Cn1cc(-c2ncnc3[nH]ccc23)cn1)N1CCN(C(=O)Nc2ccc(F)cc2C(F)(F)F)CC1. The number of hydrogen-bond donors (Lipinski definition) is 2. The van der Waals surface area contributed by atoms with Crippen LogP contribution in [-0.2, 0) is 12.7 Å². The van der Waals surface area contributed by atoms with E-state index in [1.165, 1.54) is 11.2 Å². The average molecular weight is 570 g/mol. The van der Waals surface area contributed by atoms with Crippen LogP contribution < -0.4 is 5.32 Å². The monoisotopic (exact) mass is 569 g/mol. The van der Waals surface area contributed by atoms with Crippen molar-refractivity contribution in [1.82, 2.24) is 34.5 Å². The summed E-state index contributed by atoms with van der Waals surface area (Å²) < 4.78 is 55.3. The largest absolute Gasteiger partial charge is 0.418 e. The van der Waals surface area contributed by atoms with Gasteiger partial charge in [0.2, 0.25) is 0 Å². The number of halogens is 4. The molecular weight excluding hydrogens is 542 g/mol. The van der Waals surface area contributed by atoms with Crippen LogP contribution >= 0.6 is 0 Å². The van der Waals surface area contributed by atoms with E-state index >= 15 is 0 Å². The van der Waals surface area contributed by atoms with Crippen LogP contribution in [0, 0.1) is 17.1 Å². The summed E-state index contributed by atoms with van der Waals surface area (Å²) in [4.78, 5) is 28.1. The summed E-state index contributed by atoms with van der Waals surface area (Å²) in [6, 6.07) is 5.57. The molecule has 0 spiro atoms. The molecule has 2 N–H and O–H groups in total. The number of benzene rings is 1. The number of aromatic nitrogens is 5. The Bertz CT molecular complexity index is 1550. The maximum atomic E-state index is 13.4. The van der Waals surface area contributed by atoms with Crippen LogP contribution in [-0.4, -0.2) is 72.8 Å². The Morgan fingerprint density at radius 1 is 1.17 bits per heavy atom. The van der Waals surface area contributed by atoms with Gasteiger partial charge in [-0.15, -0.1) is 0 Å². The maximum Gasteiger partial charge on any atom is 0.418 e. The first-order valence-corrected chi connectivity index (χ1v) is 13.1. The number of nitrogens with zero attached hydrogens (tertiary/aromatic N) is 7. The fourth-order valence-corrected chi connectivity index (χ4v) is 5.05. The number of piperazine rings is 1. The number of carbonyl (C=O) groups is 1. The van der Waals surface area contributed by atoms with E-state index in [0.29, 0.717) is 51.6 Å². The Hall–Kier alpha value is -4.51. The predicted octanol–water partition coefficient (Wildman–Crippen LogP) is 4.89. The first-order chi connectivity index (χ1) is 19.7. The minimum atomic E-state index is -4.81. The van der Waals surface area contributed by atoms with Crippen molar-refractivity contribution in [2.45, 2.75) is 38.0 Å². The molecule has 10 nitrogen and oxygen atoms in total. The summed E-state index contributed by atoms with van der Waals surface area (Å²) in [7, 11) is 0. The average Bonchev–Trinajstić information content (AvgIpc) is 3.63. The van der Waals surface area contributed by atoms with E-state index < -0.39 is 29.3 Å². The molecule has 4 aromatic rings. The normalized spacial score (nSPS) is 15.1. The van der Waals surface area contributed by atoms with Crippen LogP contribution in [0.5, 0.6) is 0 Å². The molecule has 14 heteroatoms. The van der Waals surface area contributed by atoms with Crippen molar-refractivity contribution in [1.29, 1.82) is 5.26 Å². The predicted molar refractivity (Wildman–Crippen MR) is 142 cm³/mol. The smallest absolute Gasteiger partial charge is 0.346 e. The molecule has 0 unspecified atom stereocenters. The van der Waals surface area contributed by atoms with Crippen LogP contribution in [0.15, 0.2) is 49.2 Å². The molecular formula is C27H27F4N9O. The van der Waals surface area contributed by atoms with Crippen LogP contribution in [0.4, 0.5) is 28.0 Å². The molecule has 41 heavy (non-hydrogen) atoms. The zero-order chi connectivity index (χ0) is 29.0. The van der Waals surface area contributed by atoms with Gasteiger partial charge in [0.15, 0.2) is 0 Å². The van der Waals surface area contributed by atoms with Crippen molar-refractivity contribution < 1.29 is 22.4 Å². The number of fused-ring (bicyclic) bond motifs is 1. The molecule has 1 aliphatic heterocycles. The van der Waals surface area contributed by atoms with Gasteiger partial charge in [0.05, 0.1) is 35.8 Å². The zero-order valence-corrected chi connectivity index (χ0v) is 21.9. The highest BCUT2D eigenvalue weighted by atomic mass is 19.4. The molecule has 0 radical (unpaired) electrons. The summed E-state index contributed by atoms with van der Waals surface area (Å²) in [6.45, 7) is 2.11. The highest BCUT2D eigenvalue weighted by molar-refractivity contribution is 5.91. The lowest BCUT2D eigenvalue weighted by Gasteiger charge is -2.39. The lowest BCUT2D eigenvalue weighted by molar-refractivity contribution is -0.137. The Balaban J connectivity index is 1.24. The van der Waals surface area contributed by atoms with Gasteiger partial charge in [-0.05, 0) is 37.1 Å². The van der Waals surface area contributed by atoms with Crippen LogP contribution in [0.1, 0.15) is 24.8 Å². The number of anilines is 1. The Morgan fingerprint density at radius 2 is 1.98 bits per heavy atom. The van der Waals surface area contributed by atoms with Gasteiger partial charge in [-0.3, -0.25) is 9.58 Å². The maximum absolute atomic E-state index is 13.4. The highest BCUT2D eigenvalue weighted by Gasteiger charge is 2.35. The first-order valence-electron chi connectivity index (χ1n) is 13.1. The van der Waals surface area contributed by atoms with Gasteiger partial charge in [-0.25, -0.2) is 19.2 Å². The first kappa shape index (κ1) is 28.0. The second-order valence-electron chi connectivity index (χ2n) is 9.76. The van der Waals surface area contributed by atoms with E-state index in [1.807, 2.05) is 16.9 Å². The molecule has 1 atom stereocenters. The standard InChI is InChI=1S/C27H27F4N9O/c28-19-4-5-23(22(13-19)27(29,30)31)37-26(41)39-11-9-38(10-12-39)20(3-1-2-7-32)16-40-15-18(14-36-40)24-21-6-8-33-25(21)35-17-34-24/h4-6,8,13-15,17,20H,1-3,9-12,16H2,(H,37,41)(H,33,34,35)/t20-/m0/s1. The van der Waals surface area contributed by atoms with Crippen molar-refractivity contribution in [2.75, 3.05) is 31.5 Å². The molecule has 1 fully saturated rings. The van der Waals surface area contributed by atoms with E-state index in [2.05, 4.69) is 36.3 Å². The van der Waals surface area contributed by atoms with E-state index in [4.69, 9.17) is 5.26 Å². The number of H-pyrrole nitrogens is 1. The molecule has 4 heterocycles. The van der Waals surface area contributed by atoms with Crippen molar-refractivity contribution in [2.24, 2.45) is 0 Å². The van der Waals surface area contributed by atoms with E-state index in [-0.39, 0.29) is 6.04 Å². The molecule has 1 aliphatic rings. The van der Waals surface area contributed by atoms with Crippen molar-refractivity contribution in [3.8, 4) is 17.3 Å². The third-order valence-corrected chi connectivity index (χ3v) is 7.13. The summed E-state index contributed by atoms with van der Waals surface area (Å²) in [6.07, 6.45) is 3.97. The minimum absolute atomic E-state index is 0.0212. The van der Waals surface area contributed by atoms with Gasteiger partial charge >= 0.3 is 12.2 Å². The van der Waals surface area contributed by atoms with E-state index in [0.717, 1.165) is 40.8 Å². The lowest BCUT2D eigenvalue weighted by Crippen LogP contribution is -2.53. The minimum Gasteiger partial charge on any atom is -0.346 e. The van der Waals surface area contributed by atoms with Crippen LogP contribution in [0.25, 0.3) is 22.3 Å². The Morgan fingerprint density at radius 3 is 2.73 bits per heavy atom. The summed E-state index contributed by atoms with van der Waals surface area (Å²) in [5, 5.41) is 16.7. The fraction of sp³-hybridized carbons (Fsp3) is 0.370. The summed E-state index contributed by atoms with van der Waals surface area (Å²) in [5.74, 6) is -1.04. The van der Waals surface area contributed by atoms with Crippen molar-refractivity contribution in [3.05, 3.63) is 60.6 Å². The molecule has 5 rings (SSSR count). The molecule has 1 saturated heterocycles. The number of urea groups is 1. The number of aromatic amines is 1. The third-order valence-electron chi connectivity index (χ3n) is 7.13. The second kappa shape index (κ2) is 11.9. The summed E-state index contributed by atoms with van der Waals surface area (Å²) in [5.41, 5.74) is 0.606. The third kappa shape index (κ3) is 6.46. The number of nitrogens with one attached hydrogen (secondary N) is 2. The topological polar surface area (TPSA) is 119 Å². The number of alkyl halides is 3. The number of hydrogen-bond acceptors (Lipinski definition) is 6. The second-order valence-corrected chi connectivity index (χ2v) is 9.76. The lowest BCUT2D eigenvalue weighted by atomic mass is 10.1. The number of carbonyl (C=O) groups excluding carboxylic acids is 1. The number of nitriles is 1. The quantitative estimate of drug-likeness (QED) is 0.230. The van der Waals surface area contributed by atoms with Crippen molar-refractivity contribution >= 4 is 22.8 Å². The van der Waals surface area contributed by atoms with Gasteiger partial charge in [0, 0.05) is 62.0 Å². The highest BCUT2D eigenvalue weighted by Crippen LogP contribution is 2.35. The van der Waals surface area contributed by atoms with E-state index in [9.17, 15) is 22.4 Å². The molecule has 214 valence electrons. The van der Waals surface area contributed by atoms with Gasteiger partial charge in [0.1, 0.15) is 17.8 Å². The zero-order valence-electron chi connectivity index (χ0n) is 21.9. The van der Waals surface area contributed by atoms with E-state index in [1.54, 1.807) is 12.4 Å². The van der Waals surface area contributed by atoms with Gasteiger partial charge in [-0.2, -0.15) is 23.5 Å². The molecule has 1 aromatic carbocycles. The van der Waals surface area contributed by atoms with Gasteiger partial charge in [-0.1, -0.05) is 0 Å². The number of unbranched alkanes of at least 4 members (excludes halogenated alkanes) is 1. The molecule has 3 aromatic heterocycles. The Labute approximate surface area is 232 Å². The molecule has 2 amide bonds. The van der Waals surface area contributed by atoms with Crippen LogP contribution in [0.2, 0.25) is 0 Å². The van der Waals surface area contributed by atoms with Crippen molar-refractivity contribution in [3.63, 3.8) is 0 Å². The summed E-state index contributed by atoms with van der Waals surface area (Å²) >= 11 is 0. The van der Waals surface area contributed by atoms with Gasteiger partial charge < -0.3 is 15.2 Å². The van der Waals surface area contributed by atoms with Crippen LogP contribution in [0.3, 0.4) is 0 Å². The fourth-order valence-electron chi connectivity index (χ4n) is 5.05.